The van der Waals surface area contributed by atoms with Crippen molar-refractivity contribution in [1.29, 1.82) is 0 Å². The lowest BCUT2D eigenvalue weighted by Crippen LogP contribution is -1.97. The molecule has 3 aromatic rings. The van der Waals surface area contributed by atoms with Gasteiger partial charge in [-0.1, -0.05) is 29.8 Å². The minimum atomic E-state index is -0.209. The third kappa shape index (κ3) is 2.12. The van der Waals surface area contributed by atoms with Crippen molar-refractivity contribution in [2.45, 2.75) is 6.54 Å². The molecule has 0 fully saturated rings. The lowest BCUT2D eigenvalue weighted by molar-refractivity contribution is 0.626. The summed E-state index contributed by atoms with van der Waals surface area (Å²) in [6.45, 7) is 0.712. The standard InChI is InChI=1S/C15H11ClFN/c16-13-4-3-12-7-8-18(15(12)9-13)10-11-1-5-14(17)6-2-11/h1-9H,10H2. The molecule has 1 aromatic heterocycles. The van der Waals surface area contributed by atoms with Gasteiger partial charge in [0.05, 0.1) is 0 Å². The van der Waals surface area contributed by atoms with E-state index in [1.165, 1.54) is 12.1 Å². The number of benzene rings is 2. The second kappa shape index (κ2) is 4.46. The maximum atomic E-state index is 12.8. The van der Waals surface area contributed by atoms with Gasteiger partial charge in [-0.05, 0) is 41.3 Å². The molecule has 0 spiro atoms. The molecule has 0 saturated heterocycles. The highest BCUT2D eigenvalue weighted by molar-refractivity contribution is 6.31. The fourth-order valence-electron chi connectivity index (χ4n) is 2.08. The second-order valence-electron chi connectivity index (χ2n) is 4.27. The summed E-state index contributed by atoms with van der Waals surface area (Å²) >= 11 is 6.01. The molecule has 0 radical (unpaired) electrons. The van der Waals surface area contributed by atoms with Gasteiger partial charge in [-0.3, -0.25) is 0 Å². The predicted molar refractivity (Wildman–Crippen MR) is 72.5 cm³/mol. The number of rotatable bonds is 2. The van der Waals surface area contributed by atoms with Gasteiger partial charge in [0.1, 0.15) is 5.82 Å². The van der Waals surface area contributed by atoms with Crippen LogP contribution in [0, 0.1) is 5.82 Å². The summed E-state index contributed by atoms with van der Waals surface area (Å²) in [5.41, 5.74) is 2.15. The van der Waals surface area contributed by atoms with Gasteiger partial charge in [0.15, 0.2) is 0 Å². The summed E-state index contributed by atoms with van der Waals surface area (Å²) in [6, 6.07) is 14.4. The molecule has 0 aliphatic heterocycles. The van der Waals surface area contributed by atoms with Gasteiger partial charge < -0.3 is 4.57 Å². The normalized spacial score (nSPS) is 11.0. The Morgan fingerprint density at radius 3 is 2.56 bits per heavy atom. The number of aromatic nitrogens is 1. The van der Waals surface area contributed by atoms with Crippen LogP contribution in [0.25, 0.3) is 10.9 Å². The van der Waals surface area contributed by atoms with Crippen LogP contribution in [0.3, 0.4) is 0 Å². The van der Waals surface area contributed by atoms with Crippen LogP contribution in [0.15, 0.2) is 54.7 Å². The molecule has 0 amide bonds. The molecule has 90 valence electrons. The van der Waals surface area contributed by atoms with Crippen molar-refractivity contribution >= 4 is 22.5 Å². The van der Waals surface area contributed by atoms with Crippen molar-refractivity contribution in [1.82, 2.24) is 4.57 Å². The molecule has 0 saturated carbocycles. The first-order chi connectivity index (χ1) is 8.72. The van der Waals surface area contributed by atoms with Crippen LogP contribution in [0.4, 0.5) is 4.39 Å². The molecule has 1 nitrogen and oxygen atoms in total. The van der Waals surface area contributed by atoms with Crippen molar-refractivity contribution < 1.29 is 4.39 Å². The molecule has 0 atom stereocenters. The molecule has 3 heteroatoms. The molecule has 0 aliphatic rings. The van der Waals surface area contributed by atoms with Gasteiger partial charge in [0.2, 0.25) is 0 Å². The quantitative estimate of drug-likeness (QED) is 0.639. The summed E-state index contributed by atoms with van der Waals surface area (Å²) in [5, 5.41) is 1.88. The molecule has 0 aliphatic carbocycles. The summed E-state index contributed by atoms with van der Waals surface area (Å²) in [5.74, 6) is -0.209. The average molecular weight is 260 g/mol. The van der Waals surface area contributed by atoms with E-state index in [4.69, 9.17) is 11.6 Å². The number of nitrogens with zero attached hydrogens (tertiary/aromatic N) is 1. The van der Waals surface area contributed by atoms with Crippen molar-refractivity contribution in [3.8, 4) is 0 Å². The van der Waals surface area contributed by atoms with Crippen LogP contribution < -0.4 is 0 Å². The number of halogens is 2. The molecular formula is C15H11ClFN. The highest BCUT2D eigenvalue weighted by Gasteiger charge is 2.02. The first kappa shape index (κ1) is 11.3. The Morgan fingerprint density at radius 2 is 1.78 bits per heavy atom. The zero-order valence-electron chi connectivity index (χ0n) is 9.61. The molecule has 0 bridgehead atoms. The maximum Gasteiger partial charge on any atom is 0.123 e. The topological polar surface area (TPSA) is 4.93 Å². The summed E-state index contributed by atoms with van der Waals surface area (Å²) in [7, 11) is 0. The Hall–Kier alpha value is -1.80. The second-order valence-corrected chi connectivity index (χ2v) is 4.71. The van der Waals surface area contributed by atoms with Gasteiger partial charge in [-0.25, -0.2) is 4.39 Å². The summed E-state index contributed by atoms with van der Waals surface area (Å²) < 4.78 is 15.0. The monoisotopic (exact) mass is 259 g/mol. The minimum absolute atomic E-state index is 0.209. The van der Waals surface area contributed by atoms with Crippen LogP contribution in [-0.2, 0) is 6.54 Å². The van der Waals surface area contributed by atoms with E-state index in [1.54, 1.807) is 12.1 Å². The van der Waals surface area contributed by atoms with Crippen molar-refractivity contribution in [3.63, 3.8) is 0 Å². The van der Waals surface area contributed by atoms with Crippen LogP contribution in [-0.4, -0.2) is 4.57 Å². The van der Waals surface area contributed by atoms with E-state index >= 15 is 0 Å². The fourth-order valence-corrected chi connectivity index (χ4v) is 2.25. The minimum Gasteiger partial charge on any atom is -0.343 e. The van der Waals surface area contributed by atoms with E-state index < -0.39 is 0 Å². The maximum absolute atomic E-state index is 12.8. The van der Waals surface area contributed by atoms with E-state index in [2.05, 4.69) is 10.6 Å². The lowest BCUT2D eigenvalue weighted by atomic mass is 10.2. The average Bonchev–Trinajstić information content (AvgIpc) is 2.75. The Kier molecular flexibility index (Phi) is 2.80. The Morgan fingerprint density at radius 1 is 1.00 bits per heavy atom. The van der Waals surface area contributed by atoms with Crippen molar-refractivity contribution in [2.75, 3.05) is 0 Å². The number of hydrogen-bond acceptors (Lipinski definition) is 0. The highest BCUT2D eigenvalue weighted by Crippen LogP contribution is 2.21. The third-order valence-corrected chi connectivity index (χ3v) is 3.24. The van der Waals surface area contributed by atoms with Crippen LogP contribution in [0.1, 0.15) is 5.56 Å². The number of fused-ring (bicyclic) bond motifs is 1. The first-order valence-corrected chi connectivity index (χ1v) is 6.09. The van der Waals surface area contributed by atoms with Crippen molar-refractivity contribution in [3.05, 3.63) is 71.1 Å². The van der Waals surface area contributed by atoms with E-state index in [-0.39, 0.29) is 5.82 Å². The molecule has 3 rings (SSSR count). The Bertz CT molecular complexity index is 685. The van der Waals surface area contributed by atoms with Crippen LogP contribution >= 0.6 is 11.6 Å². The fraction of sp³-hybridized carbons (Fsp3) is 0.0667. The zero-order valence-corrected chi connectivity index (χ0v) is 10.4. The van der Waals surface area contributed by atoms with Crippen molar-refractivity contribution in [2.24, 2.45) is 0 Å². The zero-order chi connectivity index (χ0) is 12.5. The Balaban J connectivity index is 1.99. The van der Waals surface area contributed by atoms with Gasteiger partial charge in [-0.15, -0.1) is 0 Å². The highest BCUT2D eigenvalue weighted by atomic mass is 35.5. The van der Waals surface area contributed by atoms with E-state index in [0.717, 1.165) is 21.5 Å². The first-order valence-electron chi connectivity index (χ1n) is 5.71. The van der Waals surface area contributed by atoms with E-state index in [1.807, 2.05) is 24.4 Å². The smallest absolute Gasteiger partial charge is 0.123 e. The summed E-state index contributed by atoms with van der Waals surface area (Å²) in [4.78, 5) is 0. The van der Waals surface area contributed by atoms with E-state index in [9.17, 15) is 4.39 Å². The van der Waals surface area contributed by atoms with Crippen LogP contribution in [0.2, 0.25) is 5.02 Å². The molecule has 0 N–H and O–H groups in total. The predicted octanol–water partition coefficient (Wildman–Crippen LogP) is 4.48. The Labute approximate surface area is 109 Å². The molecular weight excluding hydrogens is 249 g/mol. The SMILES string of the molecule is Fc1ccc(Cn2ccc3ccc(Cl)cc32)cc1. The lowest BCUT2D eigenvalue weighted by Gasteiger charge is -2.06. The molecule has 2 aromatic carbocycles. The van der Waals surface area contributed by atoms with Gasteiger partial charge >= 0.3 is 0 Å². The third-order valence-electron chi connectivity index (χ3n) is 3.00. The number of hydrogen-bond donors (Lipinski definition) is 0. The largest absolute Gasteiger partial charge is 0.343 e. The van der Waals surface area contributed by atoms with Gasteiger partial charge in [-0.2, -0.15) is 0 Å². The summed E-state index contributed by atoms with van der Waals surface area (Å²) in [6.07, 6.45) is 2.02. The van der Waals surface area contributed by atoms with Gasteiger partial charge in [0, 0.05) is 23.3 Å². The van der Waals surface area contributed by atoms with Crippen LogP contribution in [0.5, 0.6) is 0 Å². The van der Waals surface area contributed by atoms with E-state index in [0.29, 0.717) is 6.54 Å². The molecule has 0 unspecified atom stereocenters. The van der Waals surface area contributed by atoms with Gasteiger partial charge in [0.25, 0.3) is 0 Å². The molecule has 18 heavy (non-hydrogen) atoms. The molecule has 1 heterocycles.